The van der Waals surface area contributed by atoms with Gasteiger partial charge in [-0.25, -0.2) is 5.10 Å². The summed E-state index contributed by atoms with van der Waals surface area (Å²) in [6.07, 6.45) is 3.56. The van der Waals surface area contributed by atoms with Gasteiger partial charge < -0.3 is 10.1 Å². The van der Waals surface area contributed by atoms with Gasteiger partial charge in [-0.3, -0.25) is 14.5 Å². The van der Waals surface area contributed by atoms with Crippen LogP contribution in [0.5, 0.6) is 5.75 Å². The molecule has 1 saturated heterocycles. The van der Waals surface area contributed by atoms with Gasteiger partial charge >= 0.3 is 0 Å². The molecule has 1 amide bonds. The molecule has 7 heteroatoms. The molecule has 7 nitrogen and oxygen atoms in total. The van der Waals surface area contributed by atoms with Crippen molar-refractivity contribution in [1.82, 2.24) is 20.4 Å². The normalized spacial score (nSPS) is 15.6. The van der Waals surface area contributed by atoms with Crippen LogP contribution in [0.2, 0.25) is 0 Å². The van der Waals surface area contributed by atoms with Crippen LogP contribution in [-0.4, -0.2) is 47.7 Å². The maximum absolute atomic E-state index is 13.0. The van der Waals surface area contributed by atoms with Crippen LogP contribution < -0.4 is 15.6 Å². The number of nitrogens with one attached hydrogen (secondary N) is 2. The molecule has 1 aliphatic rings. The largest absolute Gasteiger partial charge is 0.497 e. The van der Waals surface area contributed by atoms with Crippen molar-refractivity contribution in [2.45, 2.75) is 25.3 Å². The molecule has 156 valence electrons. The summed E-state index contributed by atoms with van der Waals surface area (Å²) in [5.41, 5.74) is 1.07. The first-order valence-corrected chi connectivity index (χ1v) is 10.3. The Hall–Kier alpha value is -3.19. The maximum atomic E-state index is 13.0. The summed E-state index contributed by atoms with van der Waals surface area (Å²) in [5.74, 6) is 0.516. The molecule has 0 aliphatic carbocycles. The van der Waals surface area contributed by atoms with Crippen LogP contribution in [0.4, 0.5) is 0 Å². The van der Waals surface area contributed by atoms with Gasteiger partial charge in [0.25, 0.3) is 11.5 Å². The fourth-order valence-corrected chi connectivity index (χ4v) is 4.07. The number of rotatable bonds is 6. The molecule has 1 fully saturated rings. The van der Waals surface area contributed by atoms with E-state index < -0.39 is 0 Å². The average Bonchev–Trinajstić information content (AvgIpc) is 2.80. The molecule has 2 aromatic carbocycles. The topological polar surface area (TPSA) is 87.3 Å². The van der Waals surface area contributed by atoms with Crippen molar-refractivity contribution in [3.05, 3.63) is 70.1 Å². The zero-order valence-corrected chi connectivity index (χ0v) is 17.1. The summed E-state index contributed by atoms with van der Waals surface area (Å²) in [4.78, 5) is 27.4. The number of fused-ring (bicyclic) bond motifs is 1. The Kier molecular flexibility index (Phi) is 6.09. The first kappa shape index (κ1) is 20.1. The van der Waals surface area contributed by atoms with E-state index in [0.717, 1.165) is 37.2 Å². The van der Waals surface area contributed by atoms with Crippen molar-refractivity contribution >= 4 is 16.7 Å². The molecule has 2 N–H and O–H groups in total. The van der Waals surface area contributed by atoms with Crippen LogP contribution in [0, 0.1) is 0 Å². The van der Waals surface area contributed by atoms with Crippen LogP contribution in [-0.2, 0) is 0 Å². The van der Waals surface area contributed by atoms with E-state index in [1.54, 1.807) is 31.4 Å². The van der Waals surface area contributed by atoms with Crippen molar-refractivity contribution in [1.29, 1.82) is 0 Å². The number of amides is 1. The summed E-state index contributed by atoms with van der Waals surface area (Å²) in [5, 5.41) is 10.5. The van der Waals surface area contributed by atoms with E-state index >= 15 is 0 Å². The Balaban J connectivity index is 1.57. The zero-order valence-electron chi connectivity index (χ0n) is 17.1. The number of piperidine rings is 1. The molecule has 1 aliphatic heterocycles. The first-order valence-electron chi connectivity index (χ1n) is 10.3. The highest BCUT2D eigenvalue weighted by Crippen LogP contribution is 2.26. The van der Waals surface area contributed by atoms with E-state index in [1.165, 1.54) is 6.42 Å². The molecule has 30 heavy (non-hydrogen) atoms. The number of aromatic amines is 1. The van der Waals surface area contributed by atoms with Crippen LogP contribution >= 0.6 is 0 Å². The molecule has 1 atom stereocenters. The molecule has 0 radical (unpaired) electrons. The minimum atomic E-state index is -0.299. The van der Waals surface area contributed by atoms with Crippen molar-refractivity contribution in [2.24, 2.45) is 0 Å². The molecular formula is C23H26N4O3. The number of aromatic nitrogens is 2. The van der Waals surface area contributed by atoms with Gasteiger partial charge in [0.05, 0.1) is 18.5 Å². The molecule has 0 bridgehead atoms. The lowest BCUT2D eigenvalue weighted by Crippen LogP contribution is -2.41. The van der Waals surface area contributed by atoms with Gasteiger partial charge in [-0.2, -0.15) is 5.10 Å². The quantitative estimate of drug-likeness (QED) is 0.657. The van der Waals surface area contributed by atoms with E-state index in [0.29, 0.717) is 17.3 Å². The van der Waals surface area contributed by atoms with Gasteiger partial charge in [0.2, 0.25) is 0 Å². The summed E-state index contributed by atoms with van der Waals surface area (Å²) >= 11 is 0. The second-order valence-electron chi connectivity index (χ2n) is 7.54. The number of likely N-dealkylation sites (tertiary alicyclic amines) is 1. The van der Waals surface area contributed by atoms with Gasteiger partial charge in [-0.15, -0.1) is 0 Å². The molecule has 4 rings (SSSR count). The Morgan fingerprint density at radius 2 is 1.80 bits per heavy atom. The van der Waals surface area contributed by atoms with Crippen molar-refractivity contribution < 1.29 is 9.53 Å². The summed E-state index contributed by atoms with van der Waals surface area (Å²) in [6, 6.07) is 15.1. The van der Waals surface area contributed by atoms with E-state index in [1.807, 2.05) is 12.1 Å². The molecule has 0 spiro atoms. The van der Waals surface area contributed by atoms with Crippen molar-refractivity contribution in [2.75, 3.05) is 26.7 Å². The summed E-state index contributed by atoms with van der Waals surface area (Å²) in [6.45, 7) is 2.47. The standard InChI is InChI=1S/C23H26N4O3/c1-30-17-11-9-16(10-12-17)20(27-13-5-2-6-14-27)15-24-23(29)21-18-7-3-4-8-19(18)22(28)26-25-21/h3-4,7-12,20H,2,5-6,13-15H2,1H3,(H,24,29)(H,26,28)/t20-/m0/s1. The molecular weight excluding hydrogens is 380 g/mol. The minimum absolute atomic E-state index is 0.0641. The first-order chi connectivity index (χ1) is 14.7. The van der Waals surface area contributed by atoms with E-state index in [2.05, 4.69) is 32.5 Å². The van der Waals surface area contributed by atoms with Crippen LogP contribution in [0.15, 0.2) is 53.3 Å². The Morgan fingerprint density at radius 1 is 1.10 bits per heavy atom. The highest BCUT2D eigenvalue weighted by atomic mass is 16.5. The van der Waals surface area contributed by atoms with Crippen LogP contribution in [0.25, 0.3) is 10.8 Å². The lowest BCUT2D eigenvalue weighted by Gasteiger charge is -2.35. The Morgan fingerprint density at radius 3 is 2.50 bits per heavy atom. The predicted molar refractivity (Wildman–Crippen MR) is 116 cm³/mol. The number of nitrogens with zero attached hydrogens (tertiary/aromatic N) is 2. The number of H-pyrrole nitrogens is 1. The number of hydrogen-bond acceptors (Lipinski definition) is 5. The smallest absolute Gasteiger partial charge is 0.272 e. The van der Waals surface area contributed by atoms with Crippen LogP contribution in [0.1, 0.15) is 41.4 Å². The highest BCUT2D eigenvalue weighted by Gasteiger charge is 2.24. The van der Waals surface area contributed by atoms with Gasteiger partial charge in [-0.1, -0.05) is 36.8 Å². The fourth-order valence-electron chi connectivity index (χ4n) is 4.07. The van der Waals surface area contributed by atoms with Gasteiger partial charge in [0.1, 0.15) is 5.75 Å². The van der Waals surface area contributed by atoms with E-state index in [4.69, 9.17) is 4.74 Å². The van der Waals surface area contributed by atoms with Crippen molar-refractivity contribution in [3.8, 4) is 5.75 Å². The van der Waals surface area contributed by atoms with Gasteiger partial charge in [-0.05, 0) is 49.7 Å². The summed E-state index contributed by atoms with van der Waals surface area (Å²) < 4.78 is 5.28. The molecule has 0 saturated carbocycles. The molecule has 0 unspecified atom stereocenters. The average molecular weight is 406 g/mol. The lowest BCUT2D eigenvalue weighted by atomic mass is 10.0. The zero-order chi connectivity index (χ0) is 20.9. The Bertz CT molecular complexity index is 1070. The fraction of sp³-hybridized carbons (Fsp3) is 0.348. The third-order valence-corrected chi connectivity index (χ3v) is 5.70. The number of methoxy groups -OCH3 is 1. The van der Waals surface area contributed by atoms with Crippen LogP contribution in [0.3, 0.4) is 0 Å². The van der Waals surface area contributed by atoms with Gasteiger partial charge in [0, 0.05) is 11.9 Å². The lowest BCUT2D eigenvalue weighted by molar-refractivity contribution is 0.0920. The molecule has 2 heterocycles. The second-order valence-corrected chi connectivity index (χ2v) is 7.54. The number of ether oxygens (including phenoxy) is 1. The number of carbonyl (C=O) groups is 1. The summed E-state index contributed by atoms with van der Waals surface area (Å²) in [7, 11) is 1.65. The third-order valence-electron chi connectivity index (χ3n) is 5.70. The van der Waals surface area contributed by atoms with E-state index in [9.17, 15) is 9.59 Å². The van der Waals surface area contributed by atoms with E-state index in [-0.39, 0.29) is 23.2 Å². The SMILES string of the molecule is COc1ccc([C@H](CNC(=O)c2n[nH]c(=O)c3ccccc23)N2CCCCC2)cc1. The molecule has 3 aromatic rings. The second kappa shape index (κ2) is 9.09. The molecule has 1 aromatic heterocycles. The predicted octanol–water partition coefficient (Wildman–Crippen LogP) is 2.89. The number of benzene rings is 2. The monoisotopic (exact) mass is 406 g/mol. The highest BCUT2D eigenvalue weighted by molar-refractivity contribution is 6.04. The Labute approximate surface area is 175 Å². The maximum Gasteiger partial charge on any atom is 0.272 e. The third kappa shape index (κ3) is 4.21. The van der Waals surface area contributed by atoms with Crippen molar-refractivity contribution in [3.63, 3.8) is 0 Å². The minimum Gasteiger partial charge on any atom is -0.497 e. The number of hydrogen-bond donors (Lipinski definition) is 2. The number of carbonyl (C=O) groups excluding carboxylic acids is 1. The van der Waals surface area contributed by atoms with Gasteiger partial charge in [0.15, 0.2) is 5.69 Å².